The molecule has 0 bridgehead atoms. The van der Waals surface area contributed by atoms with Gasteiger partial charge in [-0.15, -0.1) is 0 Å². The standard InChI is InChI=1S/C14H11Br3ClN/c1-8-4-11(16)14(12(17)5-8)19-7-9-2-3-13(18)10(15)6-9/h2-6,19H,7H2,1H3. The van der Waals surface area contributed by atoms with Gasteiger partial charge in [-0.25, -0.2) is 0 Å². The molecule has 2 aromatic rings. The molecule has 0 radical (unpaired) electrons. The van der Waals surface area contributed by atoms with Crippen molar-refractivity contribution in [2.45, 2.75) is 13.5 Å². The lowest BCUT2D eigenvalue weighted by Gasteiger charge is -2.12. The lowest BCUT2D eigenvalue weighted by atomic mass is 10.2. The average Bonchev–Trinajstić information content (AvgIpc) is 2.32. The molecule has 0 saturated carbocycles. The topological polar surface area (TPSA) is 12.0 Å². The SMILES string of the molecule is Cc1cc(Br)c(NCc2ccc(Cl)c(Br)c2)c(Br)c1. The number of halogens is 4. The summed E-state index contributed by atoms with van der Waals surface area (Å²) in [5, 5.41) is 4.14. The van der Waals surface area contributed by atoms with Gasteiger partial charge in [0.25, 0.3) is 0 Å². The van der Waals surface area contributed by atoms with Crippen LogP contribution < -0.4 is 5.32 Å². The summed E-state index contributed by atoms with van der Waals surface area (Å²) in [5.41, 5.74) is 3.42. The highest BCUT2D eigenvalue weighted by molar-refractivity contribution is 9.11. The quantitative estimate of drug-likeness (QED) is 0.539. The first-order valence-corrected chi connectivity index (χ1v) is 8.36. The van der Waals surface area contributed by atoms with Gasteiger partial charge < -0.3 is 5.32 Å². The minimum absolute atomic E-state index is 0.724. The van der Waals surface area contributed by atoms with E-state index in [1.165, 1.54) is 5.56 Å². The summed E-state index contributed by atoms with van der Waals surface area (Å²) in [6.07, 6.45) is 0. The average molecular weight is 468 g/mol. The molecule has 0 aromatic heterocycles. The van der Waals surface area contributed by atoms with Crippen LogP contribution >= 0.6 is 59.4 Å². The first-order chi connectivity index (χ1) is 8.97. The number of hydrogen-bond acceptors (Lipinski definition) is 1. The van der Waals surface area contributed by atoms with Crippen LogP contribution in [-0.2, 0) is 6.54 Å². The molecule has 2 rings (SSSR count). The smallest absolute Gasteiger partial charge is 0.0631 e. The lowest BCUT2D eigenvalue weighted by Crippen LogP contribution is -2.01. The highest BCUT2D eigenvalue weighted by atomic mass is 79.9. The molecule has 0 spiro atoms. The van der Waals surface area contributed by atoms with E-state index in [9.17, 15) is 0 Å². The van der Waals surface area contributed by atoms with Crippen molar-refractivity contribution in [1.29, 1.82) is 0 Å². The Morgan fingerprint density at radius 1 is 1.00 bits per heavy atom. The van der Waals surface area contributed by atoms with Crippen LogP contribution in [-0.4, -0.2) is 0 Å². The Kier molecular flexibility index (Phi) is 5.35. The molecule has 1 N–H and O–H groups in total. The summed E-state index contributed by atoms with van der Waals surface area (Å²) in [6, 6.07) is 10.1. The number of nitrogens with one attached hydrogen (secondary N) is 1. The van der Waals surface area contributed by atoms with Crippen LogP contribution in [0.4, 0.5) is 5.69 Å². The normalized spacial score (nSPS) is 10.6. The van der Waals surface area contributed by atoms with Crippen LogP contribution in [0.3, 0.4) is 0 Å². The van der Waals surface area contributed by atoms with E-state index in [1.54, 1.807) is 0 Å². The van der Waals surface area contributed by atoms with Crippen molar-refractivity contribution in [3.05, 3.63) is 59.9 Å². The van der Waals surface area contributed by atoms with Gasteiger partial charge in [0, 0.05) is 20.0 Å². The van der Waals surface area contributed by atoms with Gasteiger partial charge in [0.1, 0.15) is 0 Å². The van der Waals surface area contributed by atoms with E-state index in [0.29, 0.717) is 0 Å². The molecular formula is C14H11Br3ClN. The molecule has 0 heterocycles. The van der Waals surface area contributed by atoms with Crippen molar-refractivity contribution in [1.82, 2.24) is 0 Å². The molecule has 1 nitrogen and oxygen atoms in total. The van der Waals surface area contributed by atoms with E-state index in [4.69, 9.17) is 11.6 Å². The number of aryl methyl sites for hydroxylation is 1. The van der Waals surface area contributed by atoms with Gasteiger partial charge in [0.15, 0.2) is 0 Å². The second kappa shape index (κ2) is 6.61. The second-order valence-electron chi connectivity index (χ2n) is 4.21. The molecule has 0 atom stereocenters. The van der Waals surface area contributed by atoms with Gasteiger partial charge in [0.2, 0.25) is 0 Å². The second-order valence-corrected chi connectivity index (χ2v) is 7.18. The van der Waals surface area contributed by atoms with E-state index >= 15 is 0 Å². The van der Waals surface area contributed by atoms with Crippen LogP contribution in [0.2, 0.25) is 5.02 Å². The van der Waals surface area contributed by atoms with E-state index in [1.807, 2.05) is 18.2 Å². The molecule has 0 aliphatic heterocycles. The van der Waals surface area contributed by atoms with Gasteiger partial charge in [0.05, 0.1) is 10.7 Å². The third-order valence-corrected chi connectivity index (χ3v) is 5.10. The Morgan fingerprint density at radius 3 is 2.21 bits per heavy atom. The van der Waals surface area contributed by atoms with Crippen LogP contribution in [0.15, 0.2) is 43.7 Å². The van der Waals surface area contributed by atoms with E-state index in [0.717, 1.165) is 36.2 Å². The highest BCUT2D eigenvalue weighted by Crippen LogP contribution is 2.33. The first kappa shape index (κ1) is 15.4. The van der Waals surface area contributed by atoms with Crippen molar-refractivity contribution >= 4 is 65.1 Å². The number of hydrogen-bond donors (Lipinski definition) is 1. The molecule has 5 heteroatoms. The molecule has 0 amide bonds. The number of rotatable bonds is 3. The van der Waals surface area contributed by atoms with Crippen molar-refractivity contribution in [2.24, 2.45) is 0 Å². The molecular weight excluding hydrogens is 457 g/mol. The Labute approximate surface area is 143 Å². The summed E-state index contributed by atoms with van der Waals surface area (Å²) in [4.78, 5) is 0. The molecule has 0 aliphatic rings. The largest absolute Gasteiger partial charge is 0.379 e. The highest BCUT2D eigenvalue weighted by Gasteiger charge is 2.06. The maximum atomic E-state index is 5.98. The van der Waals surface area contributed by atoms with Gasteiger partial charge in [-0.2, -0.15) is 0 Å². The van der Waals surface area contributed by atoms with Crippen molar-refractivity contribution in [2.75, 3.05) is 5.32 Å². The van der Waals surface area contributed by atoms with Crippen LogP contribution in [0.25, 0.3) is 0 Å². The third kappa shape index (κ3) is 3.97. The van der Waals surface area contributed by atoms with Crippen molar-refractivity contribution in [3.8, 4) is 0 Å². The summed E-state index contributed by atoms with van der Waals surface area (Å²) in [6.45, 7) is 2.80. The van der Waals surface area contributed by atoms with E-state index in [2.05, 4.69) is 72.2 Å². The third-order valence-electron chi connectivity index (χ3n) is 2.64. The summed E-state index contributed by atoms with van der Waals surface area (Å²) in [7, 11) is 0. The Hall–Kier alpha value is -0.0300. The fraction of sp³-hybridized carbons (Fsp3) is 0.143. The predicted octanol–water partition coefficient (Wildman–Crippen LogP) is 6.55. The van der Waals surface area contributed by atoms with Crippen LogP contribution in [0.1, 0.15) is 11.1 Å². The Bertz CT molecular complexity index is 591. The van der Waals surface area contributed by atoms with E-state index < -0.39 is 0 Å². The molecule has 0 saturated heterocycles. The van der Waals surface area contributed by atoms with Crippen molar-refractivity contribution in [3.63, 3.8) is 0 Å². The lowest BCUT2D eigenvalue weighted by molar-refractivity contribution is 1.14. The minimum atomic E-state index is 0.724. The number of anilines is 1. The zero-order valence-corrected chi connectivity index (χ0v) is 15.6. The van der Waals surface area contributed by atoms with Crippen molar-refractivity contribution < 1.29 is 0 Å². The fourth-order valence-corrected chi connectivity index (χ4v) is 3.95. The monoisotopic (exact) mass is 465 g/mol. The van der Waals surface area contributed by atoms with Crippen LogP contribution in [0, 0.1) is 6.92 Å². The number of benzene rings is 2. The summed E-state index contributed by atoms with van der Waals surface area (Å²) in [5.74, 6) is 0. The zero-order valence-electron chi connectivity index (χ0n) is 10.1. The van der Waals surface area contributed by atoms with Gasteiger partial charge in [-0.1, -0.05) is 17.7 Å². The van der Waals surface area contributed by atoms with Crippen LogP contribution in [0.5, 0.6) is 0 Å². The maximum Gasteiger partial charge on any atom is 0.0631 e. The predicted molar refractivity (Wildman–Crippen MR) is 93.1 cm³/mol. The maximum absolute atomic E-state index is 5.98. The summed E-state index contributed by atoms with van der Waals surface area (Å²) < 4.78 is 3.01. The van der Waals surface area contributed by atoms with Gasteiger partial charge >= 0.3 is 0 Å². The molecule has 0 fully saturated rings. The Morgan fingerprint density at radius 2 is 1.63 bits per heavy atom. The zero-order chi connectivity index (χ0) is 14.0. The minimum Gasteiger partial charge on any atom is -0.379 e. The van der Waals surface area contributed by atoms with Gasteiger partial charge in [-0.3, -0.25) is 0 Å². The molecule has 0 aliphatic carbocycles. The van der Waals surface area contributed by atoms with Gasteiger partial charge in [-0.05, 0) is 90.1 Å². The van der Waals surface area contributed by atoms with E-state index in [-0.39, 0.29) is 0 Å². The fourth-order valence-electron chi connectivity index (χ4n) is 1.71. The molecule has 19 heavy (non-hydrogen) atoms. The molecule has 0 unspecified atom stereocenters. The summed E-state index contributed by atoms with van der Waals surface area (Å²) >= 11 is 16.6. The molecule has 2 aromatic carbocycles. The first-order valence-electron chi connectivity index (χ1n) is 5.61. The molecule has 100 valence electrons. The Balaban J connectivity index is 2.16.